The zero-order valence-corrected chi connectivity index (χ0v) is 7.67. The summed E-state index contributed by atoms with van der Waals surface area (Å²) in [5.74, 6) is 0. The topological polar surface area (TPSA) is 49.7 Å². The van der Waals surface area contributed by atoms with Gasteiger partial charge < -0.3 is 14.3 Å². The highest BCUT2D eigenvalue weighted by Gasteiger charge is 1.88. The van der Waals surface area contributed by atoms with Crippen molar-refractivity contribution in [3.8, 4) is 0 Å². The first kappa shape index (κ1) is 10.1. The highest BCUT2D eigenvalue weighted by atomic mass is 28.2. The SMILES string of the molecule is OCCCCCCO[SiH2]O. The molecule has 0 saturated carbocycles. The molecule has 0 atom stereocenters. The number of unbranched alkanes of at least 4 members (excludes halogenated alkanes) is 3. The third kappa shape index (κ3) is 8.10. The molecule has 0 fully saturated rings. The van der Waals surface area contributed by atoms with Gasteiger partial charge in [0.15, 0.2) is 0 Å². The molecule has 0 radical (unpaired) electrons. The minimum Gasteiger partial charge on any atom is -0.415 e. The van der Waals surface area contributed by atoms with Gasteiger partial charge in [-0.25, -0.2) is 0 Å². The Morgan fingerprint density at radius 2 is 1.80 bits per heavy atom. The van der Waals surface area contributed by atoms with Gasteiger partial charge >= 0.3 is 10.0 Å². The fourth-order valence-electron chi connectivity index (χ4n) is 0.734. The second-order valence-electron chi connectivity index (χ2n) is 2.18. The third-order valence-electron chi connectivity index (χ3n) is 1.29. The van der Waals surface area contributed by atoms with E-state index in [-0.39, 0.29) is 6.61 Å². The van der Waals surface area contributed by atoms with Gasteiger partial charge in [-0.3, -0.25) is 0 Å². The lowest BCUT2D eigenvalue weighted by atomic mass is 10.2. The van der Waals surface area contributed by atoms with Crippen LogP contribution in [0.15, 0.2) is 0 Å². The van der Waals surface area contributed by atoms with Crippen LogP contribution in [0.1, 0.15) is 25.7 Å². The molecule has 0 aromatic rings. The van der Waals surface area contributed by atoms with E-state index >= 15 is 0 Å². The Morgan fingerprint density at radius 3 is 2.40 bits per heavy atom. The van der Waals surface area contributed by atoms with Crippen molar-refractivity contribution in [3.63, 3.8) is 0 Å². The van der Waals surface area contributed by atoms with E-state index in [1.165, 1.54) is 0 Å². The van der Waals surface area contributed by atoms with E-state index in [0.29, 0.717) is 6.61 Å². The van der Waals surface area contributed by atoms with Crippen molar-refractivity contribution < 1.29 is 14.3 Å². The molecule has 0 aliphatic carbocycles. The largest absolute Gasteiger partial charge is 0.415 e. The minimum absolute atomic E-state index is 0.287. The van der Waals surface area contributed by atoms with Gasteiger partial charge in [-0.1, -0.05) is 12.8 Å². The van der Waals surface area contributed by atoms with Crippen molar-refractivity contribution in [1.82, 2.24) is 0 Å². The van der Waals surface area contributed by atoms with Gasteiger partial charge in [0, 0.05) is 13.2 Å². The van der Waals surface area contributed by atoms with Crippen LogP contribution in [0.25, 0.3) is 0 Å². The molecule has 0 heterocycles. The zero-order chi connectivity index (χ0) is 7.66. The fraction of sp³-hybridized carbons (Fsp3) is 1.00. The number of rotatable bonds is 7. The Kier molecular flexibility index (Phi) is 9.19. The second-order valence-corrected chi connectivity index (χ2v) is 2.84. The van der Waals surface area contributed by atoms with E-state index < -0.39 is 10.0 Å². The molecule has 3 nitrogen and oxygen atoms in total. The molecule has 0 saturated heterocycles. The van der Waals surface area contributed by atoms with E-state index in [1.807, 2.05) is 0 Å². The fourth-order valence-corrected chi connectivity index (χ4v) is 1.07. The molecule has 62 valence electrons. The number of hydrogen-bond donors (Lipinski definition) is 2. The van der Waals surface area contributed by atoms with Crippen LogP contribution in [0.3, 0.4) is 0 Å². The Labute approximate surface area is 64.1 Å². The Morgan fingerprint density at radius 1 is 1.10 bits per heavy atom. The van der Waals surface area contributed by atoms with Crippen LogP contribution in [-0.2, 0) is 4.43 Å². The molecular weight excluding hydrogens is 148 g/mol. The van der Waals surface area contributed by atoms with E-state index in [0.717, 1.165) is 25.7 Å². The molecule has 0 aromatic carbocycles. The summed E-state index contributed by atoms with van der Waals surface area (Å²) in [5, 5.41) is 8.40. The van der Waals surface area contributed by atoms with Crippen molar-refractivity contribution in [2.24, 2.45) is 0 Å². The average molecular weight is 164 g/mol. The lowest BCUT2D eigenvalue weighted by Crippen LogP contribution is -1.98. The summed E-state index contributed by atoms with van der Waals surface area (Å²) >= 11 is 0. The van der Waals surface area contributed by atoms with Crippen molar-refractivity contribution in [1.29, 1.82) is 0 Å². The van der Waals surface area contributed by atoms with Gasteiger partial charge in [-0.15, -0.1) is 0 Å². The zero-order valence-electron chi connectivity index (χ0n) is 6.25. The summed E-state index contributed by atoms with van der Waals surface area (Å²) in [7, 11) is -1.17. The lowest BCUT2D eigenvalue weighted by Gasteiger charge is -1.98. The van der Waals surface area contributed by atoms with Crippen LogP contribution in [0, 0.1) is 0 Å². The number of hydrogen-bond acceptors (Lipinski definition) is 3. The summed E-state index contributed by atoms with van der Waals surface area (Å²) in [6, 6.07) is 0. The smallest absolute Gasteiger partial charge is 0.301 e. The normalized spacial score (nSPS) is 11.4. The van der Waals surface area contributed by atoms with Gasteiger partial charge in [0.05, 0.1) is 0 Å². The van der Waals surface area contributed by atoms with Crippen molar-refractivity contribution in [3.05, 3.63) is 0 Å². The highest BCUT2D eigenvalue weighted by molar-refractivity contribution is 6.15. The Hall–Kier alpha value is 0.0969. The van der Waals surface area contributed by atoms with E-state index in [4.69, 9.17) is 14.3 Å². The summed E-state index contributed by atoms with van der Waals surface area (Å²) < 4.78 is 4.85. The molecule has 0 aliphatic rings. The van der Waals surface area contributed by atoms with Crippen molar-refractivity contribution >= 4 is 10.0 Å². The van der Waals surface area contributed by atoms with Gasteiger partial charge in [-0.2, -0.15) is 0 Å². The summed E-state index contributed by atoms with van der Waals surface area (Å²) in [6.07, 6.45) is 4.05. The highest BCUT2D eigenvalue weighted by Crippen LogP contribution is 1.98. The van der Waals surface area contributed by atoms with Crippen LogP contribution in [-0.4, -0.2) is 33.1 Å². The molecular formula is C6H16O3Si. The van der Waals surface area contributed by atoms with E-state index in [1.54, 1.807) is 0 Å². The van der Waals surface area contributed by atoms with E-state index in [2.05, 4.69) is 0 Å². The third-order valence-corrected chi connectivity index (χ3v) is 1.76. The molecule has 2 N–H and O–H groups in total. The van der Waals surface area contributed by atoms with Crippen molar-refractivity contribution in [2.75, 3.05) is 13.2 Å². The second kappa shape index (κ2) is 9.10. The maximum atomic E-state index is 8.40. The van der Waals surface area contributed by atoms with Gasteiger partial charge in [-0.05, 0) is 12.8 Å². The maximum Gasteiger partial charge on any atom is 0.301 e. The Balaban J connectivity index is 2.65. The van der Waals surface area contributed by atoms with Gasteiger partial charge in [0.25, 0.3) is 0 Å². The first-order valence-electron chi connectivity index (χ1n) is 3.71. The molecule has 0 aliphatic heterocycles. The molecule has 0 spiro atoms. The molecule has 0 unspecified atom stereocenters. The summed E-state index contributed by atoms with van der Waals surface area (Å²) in [6.45, 7) is 0.976. The van der Waals surface area contributed by atoms with E-state index in [9.17, 15) is 0 Å². The minimum atomic E-state index is -1.17. The summed E-state index contributed by atoms with van der Waals surface area (Å²) in [4.78, 5) is 8.35. The molecule has 0 bridgehead atoms. The molecule has 0 rings (SSSR count). The van der Waals surface area contributed by atoms with Crippen LogP contribution in [0.2, 0.25) is 0 Å². The van der Waals surface area contributed by atoms with Crippen molar-refractivity contribution in [2.45, 2.75) is 25.7 Å². The monoisotopic (exact) mass is 164 g/mol. The molecule has 0 aromatic heterocycles. The lowest BCUT2D eigenvalue weighted by molar-refractivity contribution is 0.262. The van der Waals surface area contributed by atoms with Crippen LogP contribution < -0.4 is 0 Å². The van der Waals surface area contributed by atoms with Crippen LogP contribution in [0.4, 0.5) is 0 Å². The first-order chi connectivity index (χ1) is 4.91. The Bertz CT molecular complexity index is 53.0. The average Bonchev–Trinajstić information content (AvgIpc) is 1.97. The quantitative estimate of drug-likeness (QED) is 0.396. The number of aliphatic hydroxyl groups is 1. The maximum absolute atomic E-state index is 8.40. The standard InChI is InChI=1S/C6H16O3Si/c7-5-3-1-2-4-6-9-10-8/h7-8H,1-6,10H2. The predicted molar refractivity (Wildman–Crippen MR) is 42.3 cm³/mol. The predicted octanol–water partition coefficient (Wildman–Crippen LogP) is -0.453. The molecule has 0 amide bonds. The van der Waals surface area contributed by atoms with Gasteiger partial charge in [0.2, 0.25) is 0 Å². The summed E-state index contributed by atoms with van der Waals surface area (Å²) in [5.41, 5.74) is 0. The molecule has 10 heavy (non-hydrogen) atoms. The number of aliphatic hydroxyl groups excluding tert-OH is 1. The van der Waals surface area contributed by atoms with Crippen LogP contribution >= 0.6 is 0 Å². The molecule has 4 heteroatoms. The van der Waals surface area contributed by atoms with Gasteiger partial charge in [0.1, 0.15) is 0 Å². The first-order valence-corrected chi connectivity index (χ1v) is 4.92. The van der Waals surface area contributed by atoms with Crippen LogP contribution in [0.5, 0.6) is 0 Å².